The number of hydrogen-bond acceptors (Lipinski definition) is 2. The van der Waals surface area contributed by atoms with Gasteiger partial charge in [0.25, 0.3) is 0 Å². The average Bonchev–Trinajstić information content (AvgIpc) is 2.26. The molecule has 1 aromatic rings. The van der Waals surface area contributed by atoms with Gasteiger partial charge in [-0.1, -0.05) is 0 Å². The molecule has 0 amide bonds. The number of carbonyl (C=O) groups excluding carboxylic acids is 2. The molecule has 74 valence electrons. The minimum atomic E-state index is 0.303. The predicted molar refractivity (Wildman–Crippen MR) is 59.7 cm³/mol. The molecule has 0 aliphatic heterocycles. The van der Waals surface area contributed by atoms with E-state index in [1.807, 2.05) is 6.07 Å². The van der Waals surface area contributed by atoms with Crippen LogP contribution in [-0.2, 0) is 0 Å². The van der Waals surface area contributed by atoms with Gasteiger partial charge in [0.15, 0.2) is 0 Å². The molecule has 1 rings (SSSR count). The quantitative estimate of drug-likeness (QED) is 0.581. The topological polar surface area (TPSA) is 34.1 Å². The summed E-state index contributed by atoms with van der Waals surface area (Å²) in [6, 6.07) is 3.72. The van der Waals surface area contributed by atoms with Crippen LogP contribution in [0.2, 0.25) is 11.6 Å². The van der Waals surface area contributed by atoms with Gasteiger partial charge in [0.1, 0.15) is 0 Å². The summed E-state index contributed by atoms with van der Waals surface area (Å²) in [5.41, 5.74) is 1.34. The summed E-state index contributed by atoms with van der Waals surface area (Å²) < 4.78 is 2.19. The molecule has 0 spiro atoms. The molecule has 0 N–H and O–H groups in total. The number of carbonyl (C=O) groups is 2. The molecule has 0 atom stereocenters. The van der Waals surface area contributed by atoms with Crippen LogP contribution in [-0.4, -0.2) is 42.5 Å². The Hall–Kier alpha value is -0.401. The normalized spacial score (nSPS) is 9.86. The van der Waals surface area contributed by atoms with E-state index in [1.165, 1.54) is 0 Å². The summed E-state index contributed by atoms with van der Waals surface area (Å²) in [4.78, 5) is 21.5. The summed E-state index contributed by atoms with van der Waals surface area (Å²) >= 11 is 0.606. The van der Waals surface area contributed by atoms with Gasteiger partial charge in [-0.05, 0) is 0 Å². The third-order valence-electron chi connectivity index (χ3n) is 1.84. The molecule has 0 heterocycles. The molecule has 1 aromatic carbocycles. The average molecular weight is 320 g/mol. The van der Waals surface area contributed by atoms with Gasteiger partial charge < -0.3 is 0 Å². The monoisotopic (exact) mass is 322 g/mol. The second-order valence-electron chi connectivity index (χ2n) is 2.57. The van der Waals surface area contributed by atoms with Crippen molar-refractivity contribution in [3.8, 4) is 0 Å². The Labute approximate surface area is 95.8 Å². The van der Waals surface area contributed by atoms with Crippen LogP contribution in [0.5, 0.6) is 0 Å². The molecule has 0 saturated carbocycles. The van der Waals surface area contributed by atoms with Crippen LogP contribution in [0.1, 0.15) is 20.7 Å². The van der Waals surface area contributed by atoms with Gasteiger partial charge in [0.05, 0.1) is 0 Å². The zero-order valence-corrected chi connectivity index (χ0v) is 11.4. The Balaban J connectivity index is 3.34. The van der Waals surface area contributed by atoms with E-state index in [0.29, 0.717) is 41.0 Å². The Bertz CT molecular complexity index is 330. The fourth-order valence-electron chi connectivity index (χ4n) is 1.13. The molecular weight excluding hydrogens is 310 g/mol. The van der Waals surface area contributed by atoms with E-state index in [4.69, 9.17) is 0 Å². The number of benzene rings is 1. The van der Waals surface area contributed by atoms with Gasteiger partial charge in [0, 0.05) is 0 Å². The molecule has 2 nitrogen and oxygen atoms in total. The van der Waals surface area contributed by atoms with Gasteiger partial charge in [0.2, 0.25) is 0 Å². The van der Waals surface area contributed by atoms with Crippen molar-refractivity contribution in [2.45, 2.75) is 11.6 Å². The Morgan fingerprint density at radius 3 is 1.64 bits per heavy atom. The van der Waals surface area contributed by atoms with Crippen LogP contribution in [0.3, 0.4) is 0 Å². The first-order valence-corrected chi connectivity index (χ1v) is 9.07. The SMILES string of the molecule is C[Se]c1cc([Se]C)c(C=O)cc1C=O. The second-order valence-corrected chi connectivity index (χ2v) is 6.13. The van der Waals surface area contributed by atoms with Crippen molar-refractivity contribution in [2.24, 2.45) is 0 Å². The molecule has 0 bridgehead atoms. The van der Waals surface area contributed by atoms with E-state index in [9.17, 15) is 9.59 Å². The van der Waals surface area contributed by atoms with E-state index in [2.05, 4.69) is 11.6 Å². The fraction of sp³-hybridized carbons (Fsp3) is 0.200. The maximum absolute atomic E-state index is 10.8. The fourth-order valence-corrected chi connectivity index (χ4v) is 3.94. The van der Waals surface area contributed by atoms with Crippen LogP contribution in [0.25, 0.3) is 0 Å². The second kappa shape index (κ2) is 5.47. The molecule has 0 radical (unpaired) electrons. The zero-order valence-electron chi connectivity index (χ0n) is 7.94. The van der Waals surface area contributed by atoms with Crippen molar-refractivity contribution in [3.05, 3.63) is 23.3 Å². The van der Waals surface area contributed by atoms with Crippen molar-refractivity contribution in [3.63, 3.8) is 0 Å². The first kappa shape index (κ1) is 11.7. The molecule has 14 heavy (non-hydrogen) atoms. The molecule has 0 fully saturated rings. The Morgan fingerprint density at radius 2 is 1.36 bits per heavy atom. The molecule has 4 heteroatoms. The molecular formula is C10H10O2Se2. The van der Waals surface area contributed by atoms with Crippen LogP contribution in [0.15, 0.2) is 12.1 Å². The van der Waals surface area contributed by atoms with Gasteiger partial charge in [-0.3, -0.25) is 0 Å². The van der Waals surface area contributed by atoms with Crippen molar-refractivity contribution >= 4 is 51.4 Å². The van der Waals surface area contributed by atoms with Gasteiger partial charge in [-0.25, -0.2) is 0 Å². The van der Waals surface area contributed by atoms with E-state index in [1.54, 1.807) is 6.07 Å². The first-order valence-electron chi connectivity index (χ1n) is 3.93. The Morgan fingerprint density at radius 1 is 0.929 bits per heavy atom. The molecule has 0 saturated heterocycles. The zero-order chi connectivity index (χ0) is 10.6. The van der Waals surface area contributed by atoms with Crippen LogP contribution < -0.4 is 8.92 Å². The standard InChI is InChI=1S/C10H10O2Se2/c1-13-9-4-10(14-2)8(6-12)3-7(9)5-11/h3-6H,1-2H3. The van der Waals surface area contributed by atoms with Crippen molar-refractivity contribution in [2.75, 3.05) is 0 Å². The summed E-state index contributed by atoms with van der Waals surface area (Å²) in [5.74, 6) is 4.14. The van der Waals surface area contributed by atoms with E-state index >= 15 is 0 Å². The maximum atomic E-state index is 10.8. The number of hydrogen-bond donors (Lipinski definition) is 0. The number of rotatable bonds is 4. The molecule has 0 unspecified atom stereocenters. The van der Waals surface area contributed by atoms with Gasteiger partial charge >= 0.3 is 95.9 Å². The summed E-state index contributed by atoms with van der Waals surface area (Å²) in [6.07, 6.45) is 1.67. The first-order chi connectivity index (χ1) is 6.76. The third kappa shape index (κ3) is 2.34. The van der Waals surface area contributed by atoms with Crippen LogP contribution in [0, 0.1) is 0 Å². The Kier molecular flexibility index (Phi) is 4.56. The summed E-state index contributed by atoms with van der Waals surface area (Å²) in [7, 11) is 0. The van der Waals surface area contributed by atoms with Gasteiger partial charge in [-0.2, -0.15) is 0 Å². The molecule has 0 aliphatic carbocycles. The minimum absolute atomic E-state index is 0.303. The number of aldehydes is 2. The van der Waals surface area contributed by atoms with Crippen LogP contribution in [0.4, 0.5) is 0 Å². The summed E-state index contributed by atoms with van der Waals surface area (Å²) in [5, 5.41) is 0. The van der Waals surface area contributed by atoms with E-state index < -0.39 is 0 Å². The predicted octanol–water partition coefficient (Wildman–Crippen LogP) is 0.0668. The van der Waals surface area contributed by atoms with Crippen LogP contribution >= 0.6 is 0 Å². The van der Waals surface area contributed by atoms with E-state index in [0.717, 1.165) is 21.5 Å². The van der Waals surface area contributed by atoms with E-state index in [-0.39, 0.29) is 0 Å². The third-order valence-corrected chi connectivity index (χ3v) is 5.17. The van der Waals surface area contributed by atoms with Gasteiger partial charge in [-0.15, -0.1) is 0 Å². The van der Waals surface area contributed by atoms with Crippen molar-refractivity contribution < 1.29 is 9.59 Å². The molecule has 0 aromatic heterocycles. The summed E-state index contributed by atoms with van der Waals surface area (Å²) in [6.45, 7) is 0. The molecule has 0 aliphatic rings. The van der Waals surface area contributed by atoms with Crippen molar-refractivity contribution in [1.29, 1.82) is 0 Å². The van der Waals surface area contributed by atoms with Crippen molar-refractivity contribution in [1.82, 2.24) is 0 Å².